The molecule has 0 spiro atoms. The molecule has 0 amide bonds. The first kappa shape index (κ1) is 15.5. The molecule has 0 saturated carbocycles. The van der Waals surface area contributed by atoms with Crippen molar-refractivity contribution in [3.8, 4) is 0 Å². The molecule has 1 heterocycles. The van der Waals surface area contributed by atoms with Gasteiger partial charge in [0.15, 0.2) is 0 Å². The number of nitrogens with zero attached hydrogens (tertiary/aromatic N) is 3. The number of aromatic carboxylic acids is 1. The Kier molecular flexibility index (Phi) is 5.82. The smallest absolute Gasteiger partial charge is 0.341 e. The first-order valence-corrected chi connectivity index (χ1v) is 6.74. The highest BCUT2D eigenvalue weighted by Crippen LogP contribution is 2.18. The van der Waals surface area contributed by atoms with Crippen LogP contribution in [0.2, 0.25) is 0 Å². The van der Waals surface area contributed by atoms with Crippen LogP contribution in [0.4, 0.5) is 5.82 Å². The Morgan fingerprint density at radius 2 is 2.11 bits per heavy atom. The quantitative estimate of drug-likeness (QED) is 0.749. The first-order valence-electron chi connectivity index (χ1n) is 6.74. The molecule has 0 aliphatic heterocycles. The summed E-state index contributed by atoms with van der Waals surface area (Å²) in [4.78, 5) is 13.5. The molecule has 1 rings (SSSR count). The number of aromatic nitrogens is 2. The van der Waals surface area contributed by atoms with Crippen molar-refractivity contribution in [1.82, 2.24) is 14.7 Å². The number of carbonyl (C=O) groups is 1. The van der Waals surface area contributed by atoms with Crippen LogP contribution in [0.5, 0.6) is 0 Å². The Morgan fingerprint density at radius 3 is 2.63 bits per heavy atom. The van der Waals surface area contributed by atoms with E-state index in [1.165, 1.54) is 0 Å². The van der Waals surface area contributed by atoms with Crippen LogP contribution in [0, 0.1) is 6.92 Å². The summed E-state index contributed by atoms with van der Waals surface area (Å²) < 4.78 is 1.59. The minimum absolute atomic E-state index is 0.265. The molecule has 0 aromatic carbocycles. The molecule has 0 aliphatic carbocycles. The molecule has 108 valence electrons. The van der Waals surface area contributed by atoms with Gasteiger partial charge >= 0.3 is 5.97 Å². The lowest BCUT2D eigenvalue weighted by Gasteiger charge is -2.20. The van der Waals surface area contributed by atoms with Gasteiger partial charge < -0.3 is 15.3 Å². The molecule has 0 bridgehead atoms. The third kappa shape index (κ3) is 3.96. The standard InChI is InChI=1S/C13H24N4O2/c1-5-8-17(6-2)9-7-14-12-11(13(18)19)10(3)15-16(12)4/h14H,5-9H2,1-4H3,(H,18,19). The van der Waals surface area contributed by atoms with E-state index in [0.29, 0.717) is 18.1 Å². The van der Waals surface area contributed by atoms with Crippen molar-refractivity contribution in [3.05, 3.63) is 11.3 Å². The maximum absolute atomic E-state index is 11.2. The fraction of sp³-hybridized carbons (Fsp3) is 0.692. The topological polar surface area (TPSA) is 70.4 Å². The Bertz CT molecular complexity index is 429. The van der Waals surface area contributed by atoms with Gasteiger partial charge in [-0.25, -0.2) is 4.79 Å². The fourth-order valence-electron chi connectivity index (χ4n) is 2.19. The third-order valence-electron chi connectivity index (χ3n) is 3.14. The number of anilines is 1. The number of nitrogens with one attached hydrogen (secondary N) is 1. The van der Waals surface area contributed by atoms with Crippen LogP contribution >= 0.6 is 0 Å². The van der Waals surface area contributed by atoms with E-state index in [-0.39, 0.29) is 5.56 Å². The number of carboxylic acids is 1. The van der Waals surface area contributed by atoms with Crippen LogP contribution in [-0.2, 0) is 7.05 Å². The Labute approximate surface area is 114 Å². The number of hydrogen-bond donors (Lipinski definition) is 2. The lowest BCUT2D eigenvalue weighted by atomic mass is 10.2. The van der Waals surface area contributed by atoms with E-state index in [1.54, 1.807) is 18.7 Å². The minimum Gasteiger partial charge on any atom is -0.477 e. The van der Waals surface area contributed by atoms with Crippen LogP contribution in [0.3, 0.4) is 0 Å². The molecule has 0 saturated heterocycles. The van der Waals surface area contributed by atoms with Gasteiger partial charge in [-0.05, 0) is 26.4 Å². The normalized spacial score (nSPS) is 11.0. The number of aryl methyl sites for hydroxylation is 2. The van der Waals surface area contributed by atoms with Crippen molar-refractivity contribution in [2.45, 2.75) is 27.2 Å². The highest BCUT2D eigenvalue weighted by Gasteiger charge is 2.19. The first-order chi connectivity index (χ1) is 9.01. The van der Waals surface area contributed by atoms with Gasteiger partial charge in [0.2, 0.25) is 0 Å². The summed E-state index contributed by atoms with van der Waals surface area (Å²) in [6, 6.07) is 0. The van der Waals surface area contributed by atoms with Gasteiger partial charge in [-0.1, -0.05) is 13.8 Å². The van der Waals surface area contributed by atoms with Crippen molar-refractivity contribution in [1.29, 1.82) is 0 Å². The summed E-state index contributed by atoms with van der Waals surface area (Å²) in [5, 5.41) is 16.5. The van der Waals surface area contributed by atoms with Crippen LogP contribution in [0.15, 0.2) is 0 Å². The molecule has 0 atom stereocenters. The van der Waals surface area contributed by atoms with Gasteiger partial charge in [-0.3, -0.25) is 4.68 Å². The SMILES string of the molecule is CCCN(CC)CCNc1c(C(=O)O)c(C)nn1C. The lowest BCUT2D eigenvalue weighted by Crippen LogP contribution is -2.30. The van der Waals surface area contributed by atoms with E-state index in [4.69, 9.17) is 0 Å². The summed E-state index contributed by atoms with van der Waals surface area (Å²) in [5.41, 5.74) is 0.805. The van der Waals surface area contributed by atoms with Gasteiger partial charge in [-0.15, -0.1) is 0 Å². The van der Waals surface area contributed by atoms with E-state index < -0.39 is 5.97 Å². The molecular formula is C13H24N4O2. The van der Waals surface area contributed by atoms with E-state index >= 15 is 0 Å². The molecule has 6 nitrogen and oxygen atoms in total. The third-order valence-corrected chi connectivity index (χ3v) is 3.14. The predicted octanol–water partition coefficient (Wildman–Crippen LogP) is 1.57. The second-order valence-electron chi connectivity index (χ2n) is 4.60. The number of likely N-dealkylation sites (N-methyl/N-ethyl adjacent to an activating group) is 1. The van der Waals surface area contributed by atoms with E-state index in [2.05, 4.69) is 29.2 Å². The number of rotatable bonds is 8. The molecule has 19 heavy (non-hydrogen) atoms. The Balaban J connectivity index is 2.65. The maximum atomic E-state index is 11.2. The van der Waals surface area contributed by atoms with E-state index in [1.807, 2.05) is 0 Å². The van der Waals surface area contributed by atoms with Gasteiger partial charge in [0.05, 0.1) is 5.69 Å². The minimum atomic E-state index is -0.936. The van der Waals surface area contributed by atoms with Gasteiger partial charge in [0.25, 0.3) is 0 Å². The predicted molar refractivity (Wildman–Crippen MR) is 75.8 cm³/mol. The molecule has 0 unspecified atom stereocenters. The highest BCUT2D eigenvalue weighted by molar-refractivity contribution is 5.94. The van der Waals surface area contributed by atoms with Crippen LogP contribution in [-0.4, -0.2) is 51.9 Å². The van der Waals surface area contributed by atoms with Gasteiger partial charge in [0.1, 0.15) is 11.4 Å². The monoisotopic (exact) mass is 268 g/mol. The summed E-state index contributed by atoms with van der Waals surface area (Å²) in [7, 11) is 1.76. The van der Waals surface area contributed by atoms with Crippen LogP contribution in [0.25, 0.3) is 0 Å². The van der Waals surface area contributed by atoms with Crippen molar-refractivity contribution >= 4 is 11.8 Å². The number of hydrogen-bond acceptors (Lipinski definition) is 4. The molecule has 0 aliphatic rings. The molecule has 1 aromatic rings. The molecular weight excluding hydrogens is 244 g/mol. The van der Waals surface area contributed by atoms with Gasteiger partial charge in [-0.2, -0.15) is 5.10 Å². The zero-order chi connectivity index (χ0) is 14.4. The Morgan fingerprint density at radius 1 is 1.42 bits per heavy atom. The van der Waals surface area contributed by atoms with Crippen molar-refractivity contribution in [2.24, 2.45) is 7.05 Å². The van der Waals surface area contributed by atoms with Crippen molar-refractivity contribution in [2.75, 3.05) is 31.5 Å². The lowest BCUT2D eigenvalue weighted by molar-refractivity contribution is 0.0697. The molecule has 0 radical (unpaired) electrons. The Hall–Kier alpha value is -1.56. The van der Waals surface area contributed by atoms with E-state index in [9.17, 15) is 9.90 Å². The average molecular weight is 268 g/mol. The van der Waals surface area contributed by atoms with Crippen LogP contribution in [0.1, 0.15) is 36.3 Å². The van der Waals surface area contributed by atoms with Gasteiger partial charge in [0, 0.05) is 20.1 Å². The summed E-state index contributed by atoms with van der Waals surface area (Å²) in [6.07, 6.45) is 1.12. The maximum Gasteiger partial charge on any atom is 0.341 e. The molecule has 6 heteroatoms. The van der Waals surface area contributed by atoms with Crippen LogP contribution < -0.4 is 5.32 Å². The summed E-state index contributed by atoms with van der Waals surface area (Å²) in [5.74, 6) is -0.355. The fourth-order valence-corrected chi connectivity index (χ4v) is 2.19. The zero-order valence-corrected chi connectivity index (χ0v) is 12.2. The second kappa shape index (κ2) is 7.13. The average Bonchev–Trinajstić information content (AvgIpc) is 2.63. The summed E-state index contributed by atoms with van der Waals surface area (Å²) in [6.45, 7) is 9.68. The summed E-state index contributed by atoms with van der Waals surface area (Å²) >= 11 is 0. The largest absolute Gasteiger partial charge is 0.477 e. The van der Waals surface area contributed by atoms with Crippen molar-refractivity contribution < 1.29 is 9.90 Å². The van der Waals surface area contributed by atoms with Crippen molar-refractivity contribution in [3.63, 3.8) is 0 Å². The zero-order valence-electron chi connectivity index (χ0n) is 12.2. The molecule has 2 N–H and O–H groups in total. The second-order valence-corrected chi connectivity index (χ2v) is 4.60. The molecule has 1 aromatic heterocycles. The molecule has 0 fully saturated rings. The highest BCUT2D eigenvalue weighted by atomic mass is 16.4. The van der Waals surface area contributed by atoms with E-state index in [0.717, 1.165) is 26.1 Å². The number of carboxylic acid groups (broad SMARTS) is 1.